The van der Waals surface area contributed by atoms with Crippen LogP contribution in [0.5, 0.6) is 5.75 Å². The average Bonchev–Trinajstić information content (AvgIpc) is 3.62. The first-order chi connectivity index (χ1) is 18.6. The molecule has 1 amide bonds. The molecule has 0 spiro atoms. The maximum Gasteiger partial charge on any atom is 0.338 e. The molecule has 2 aromatic carbocycles. The summed E-state index contributed by atoms with van der Waals surface area (Å²) in [6, 6.07) is 16.7. The van der Waals surface area contributed by atoms with Gasteiger partial charge < -0.3 is 24.4 Å². The Balaban J connectivity index is 1.54. The van der Waals surface area contributed by atoms with Crippen LogP contribution in [0.4, 0.5) is 0 Å². The third-order valence-corrected chi connectivity index (χ3v) is 7.54. The van der Waals surface area contributed by atoms with Crippen molar-refractivity contribution in [2.24, 2.45) is 4.99 Å². The number of rotatable bonds is 9. The smallest absolute Gasteiger partial charge is 0.338 e. The van der Waals surface area contributed by atoms with Crippen LogP contribution in [0.3, 0.4) is 0 Å². The number of amides is 1. The zero-order valence-electron chi connectivity index (χ0n) is 21.5. The lowest BCUT2D eigenvalue weighted by molar-refractivity contribution is -0.139. The highest BCUT2D eigenvalue weighted by Crippen LogP contribution is 2.47. The Bertz CT molecular complexity index is 1280. The SMILES string of the molecule is CCOC(=O)C1=C(c2ccccc2)N=C2SC=C(CC(=O)NCC3CCCO3)N2C1c1cccc(OC)c1. The number of carbonyl (C=O) groups excluding carboxylic acids is 2. The van der Waals surface area contributed by atoms with Crippen LogP contribution in [0.15, 0.2) is 76.3 Å². The number of fused-ring (bicyclic) bond motifs is 1. The maximum absolute atomic E-state index is 13.6. The third-order valence-electron chi connectivity index (χ3n) is 6.65. The minimum absolute atomic E-state index is 0.0642. The van der Waals surface area contributed by atoms with Gasteiger partial charge in [-0.05, 0) is 42.9 Å². The van der Waals surface area contributed by atoms with Crippen LogP contribution >= 0.6 is 11.8 Å². The number of methoxy groups -OCH3 is 1. The van der Waals surface area contributed by atoms with E-state index in [9.17, 15) is 9.59 Å². The van der Waals surface area contributed by atoms with Gasteiger partial charge in [0.25, 0.3) is 0 Å². The molecule has 2 aromatic rings. The highest BCUT2D eigenvalue weighted by atomic mass is 32.2. The largest absolute Gasteiger partial charge is 0.497 e. The molecule has 1 fully saturated rings. The van der Waals surface area contributed by atoms with Crippen molar-refractivity contribution in [2.45, 2.75) is 38.3 Å². The Hall–Kier alpha value is -3.56. The van der Waals surface area contributed by atoms with E-state index >= 15 is 0 Å². The number of amidine groups is 1. The Morgan fingerprint density at radius 3 is 2.76 bits per heavy atom. The molecule has 2 atom stereocenters. The number of ether oxygens (including phenoxy) is 3. The molecule has 1 N–H and O–H groups in total. The first-order valence-corrected chi connectivity index (χ1v) is 13.7. The Morgan fingerprint density at radius 2 is 2.03 bits per heavy atom. The molecule has 3 aliphatic rings. The standard InChI is InChI=1S/C29H31N3O5S/c1-3-36-28(34)25-26(19-9-5-4-6-10-19)31-29-32(27(25)20-11-7-12-22(15-20)35-2)21(18-38-29)16-24(33)30-17-23-13-8-14-37-23/h4-7,9-12,15,18,23,27H,3,8,13-14,16-17H2,1-2H3,(H,30,33). The topological polar surface area (TPSA) is 89.5 Å². The monoisotopic (exact) mass is 533 g/mol. The quantitative estimate of drug-likeness (QED) is 0.469. The normalized spacial score (nSPS) is 20.5. The predicted octanol–water partition coefficient (Wildman–Crippen LogP) is 4.66. The van der Waals surface area contributed by atoms with Crippen LogP contribution < -0.4 is 10.1 Å². The van der Waals surface area contributed by atoms with Crippen molar-refractivity contribution in [3.63, 3.8) is 0 Å². The molecule has 9 heteroatoms. The fourth-order valence-electron chi connectivity index (χ4n) is 4.88. The fraction of sp³-hybridized carbons (Fsp3) is 0.345. The zero-order chi connectivity index (χ0) is 26.5. The number of hydrogen-bond donors (Lipinski definition) is 1. The van der Waals surface area contributed by atoms with Gasteiger partial charge in [0, 0.05) is 24.4 Å². The van der Waals surface area contributed by atoms with Crippen molar-refractivity contribution in [2.75, 3.05) is 26.9 Å². The molecule has 3 aliphatic heterocycles. The molecule has 0 radical (unpaired) electrons. The maximum atomic E-state index is 13.6. The first kappa shape index (κ1) is 26.1. The number of nitrogens with zero attached hydrogens (tertiary/aromatic N) is 2. The molecule has 5 rings (SSSR count). The van der Waals surface area contributed by atoms with Gasteiger partial charge in [-0.1, -0.05) is 54.2 Å². The van der Waals surface area contributed by atoms with Crippen LogP contribution in [0.25, 0.3) is 5.70 Å². The molecule has 2 unspecified atom stereocenters. The van der Waals surface area contributed by atoms with Gasteiger partial charge in [-0.15, -0.1) is 0 Å². The molecular formula is C29H31N3O5S. The van der Waals surface area contributed by atoms with Crippen LogP contribution in [0, 0.1) is 0 Å². The second kappa shape index (κ2) is 11.9. The van der Waals surface area contributed by atoms with Gasteiger partial charge >= 0.3 is 5.97 Å². The van der Waals surface area contributed by atoms with E-state index in [4.69, 9.17) is 19.2 Å². The predicted molar refractivity (Wildman–Crippen MR) is 147 cm³/mol. The van der Waals surface area contributed by atoms with Crippen LogP contribution in [-0.4, -0.2) is 54.9 Å². The molecule has 38 heavy (non-hydrogen) atoms. The van der Waals surface area contributed by atoms with E-state index in [-0.39, 0.29) is 25.0 Å². The highest BCUT2D eigenvalue weighted by molar-refractivity contribution is 8.16. The molecule has 8 nitrogen and oxygen atoms in total. The molecular weight excluding hydrogens is 502 g/mol. The Morgan fingerprint density at radius 1 is 1.18 bits per heavy atom. The van der Waals surface area contributed by atoms with E-state index in [1.54, 1.807) is 14.0 Å². The van der Waals surface area contributed by atoms with Crippen LogP contribution in [0.1, 0.15) is 43.4 Å². The van der Waals surface area contributed by atoms with Gasteiger partial charge in [0.15, 0.2) is 5.17 Å². The number of nitrogens with one attached hydrogen (secondary N) is 1. The van der Waals surface area contributed by atoms with E-state index in [1.165, 1.54) is 11.8 Å². The number of benzene rings is 2. The van der Waals surface area contributed by atoms with Crippen LogP contribution in [-0.2, 0) is 19.1 Å². The summed E-state index contributed by atoms with van der Waals surface area (Å²) in [7, 11) is 1.61. The Kier molecular flexibility index (Phi) is 8.14. The summed E-state index contributed by atoms with van der Waals surface area (Å²) < 4.78 is 16.7. The van der Waals surface area contributed by atoms with Crippen molar-refractivity contribution in [3.8, 4) is 5.75 Å². The van der Waals surface area contributed by atoms with Gasteiger partial charge in [-0.3, -0.25) is 4.79 Å². The van der Waals surface area contributed by atoms with Gasteiger partial charge in [0.1, 0.15) is 5.75 Å². The van der Waals surface area contributed by atoms with Crippen molar-refractivity contribution in [3.05, 3.63) is 82.4 Å². The second-order valence-electron chi connectivity index (χ2n) is 9.14. The van der Waals surface area contributed by atoms with Crippen molar-refractivity contribution in [1.29, 1.82) is 0 Å². The number of esters is 1. The summed E-state index contributed by atoms with van der Waals surface area (Å²) in [5.41, 5.74) is 3.40. The minimum atomic E-state index is -0.556. The molecule has 0 saturated carbocycles. The number of hydrogen-bond acceptors (Lipinski definition) is 8. The second-order valence-corrected chi connectivity index (χ2v) is 9.97. The lowest BCUT2D eigenvalue weighted by atomic mass is 9.91. The van der Waals surface area contributed by atoms with E-state index in [0.717, 1.165) is 36.3 Å². The van der Waals surface area contributed by atoms with Gasteiger partial charge in [-0.25, -0.2) is 9.79 Å². The molecule has 3 heterocycles. The fourth-order valence-corrected chi connectivity index (χ4v) is 5.79. The first-order valence-electron chi connectivity index (χ1n) is 12.8. The average molecular weight is 534 g/mol. The van der Waals surface area contributed by atoms with Crippen molar-refractivity contribution >= 4 is 34.5 Å². The van der Waals surface area contributed by atoms with E-state index in [2.05, 4.69) is 5.32 Å². The minimum Gasteiger partial charge on any atom is -0.497 e. The van der Waals surface area contributed by atoms with Crippen LogP contribution in [0.2, 0.25) is 0 Å². The number of aliphatic imine (C=N–C) groups is 1. The highest BCUT2D eigenvalue weighted by Gasteiger charge is 2.42. The van der Waals surface area contributed by atoms with E-state index < -0.39 is 12.0 Å². The molecule has 0 bridgehead atoms. The van der Waals surface area contributed by atoms with E-state index in [0.29, 0.717) is 28.7 Å². The summed E-state index contributed by atoms with van der Waals surface area (Å²) >= 11 is 1.45. The molecule has 0 aromatic heterocycles. The zero-order valence-corrected chi connectivity index (χ0v) is 22.3. The van der Waals surface area contributed by atoms with E-state index in [1.807, 2.05) is 64.9 Å². The summed E-state index contributed by atoms with van der Waals surface area (Å²) in [6.07, 6.45) is 2.19. The van der Waals surface area contributed by atoms with Crippen molar-refractivity contribution < 1.29 is 23.8 Å². The summed E-state index contributed by atoms with van der Waals surface area (Å²) in [5, 5.41) is 5.64. The Labute approximate surface area is 226 Å². The van der Waals surface area contributed by atoms with Gasteiger partial charge in [0.05, 0.1) is 43.6 Å². The lowest BCUT2D eigenvalue weighted by Gasteiger charge is -2.37. The summed E-state index contributed by atoms with van der Waals surface area (Å²) in [4.78, 5) is 33.4. The molecule has 1 saturated heterocycles. The number of carbonyl (C=O) groups is 2. The molecule has 198 valence electrons. The summed E-state index contributed by atoms with van der Waals surface area (Å²) in [5.74, 6) is 0.122. The number of thioether (sulfide) groups is 1. The van der Waals surface area contributed by atoms with Gasteiger partial charge in [-0.2, -0.15) is 0 Å². The van der Waals surface area contributed by atoms with Gasteiger partial charge in [0.2, 0.25) is 5.91 Å². The summed E-state index contributed by atoms with van der Waals surface area (Å²) in [6.45, 7) is 3.25. The van der Waals surface area contributed by atoms with Crippen molar-refractivity contribution in [1.82, 2.24) is 10.2 Å². The molecule has 0 aliphatic carbocycles. The third kappa shape index (κ3) is 5.49. The lowest BCUT2D eigenvalue weighted by Crippen LogP contribution is -2.38.